The van der Waals surface area contributed by atoms with Gasteiger partial charge in [-0.15, -0.1) is 0 Å². The summed E-state index contributed by atoms with van der Waals surface area (Å²) in [6.07, 6.45) is 0. The van der Waals surface area contributed by atoms with Gasteiger partial charge in [-0.3, -0.25) is 0 Å². The first-order chi connectivity index (χ1) is 7.15. The number of hydrogen-bond acceptors (Lipinski definition) is 13. The molecule has 0 amide bonds. The fourth-order valence-electron chi connectivity index (χ4n) is 0.231. The first-order valence-corrected chi connectivity index (χ1v) is 5.33. The Kier molecular flexibility index (Phi) is 112. The van der Waals surface area contributed by atoms with E-state index in [1.54, 1.807) is 0 Å². The number of hydrogen-bond donors (Lipinski definition) is 14. The van der Waals surface area contributed by atoms with Gasteiger partial charge in [0, 0.05) is 0 Å². The molecule has 0 aliphatic heterocycles. The maximum Gasteiger partial charge on any atom is 0.631 e. The molecule has 0 aromatic rings. The quantitative estimate of drug-likeness (QED) is 0.133. The number of rotatable bonds is 4. The van der Waals surface area contributed by atoms with Crippen molar-refractivity contribution in [3.63, 3.8) is 0 Å². The molecule has 26 N–H and O–H groups in total. The predicted molar refractivity (Wildman–Crippen MR) is 81.8 cm³/mol. The van der Waals surface area contributed by atoms with Crippen molar-refractivity contribution in [3.8, 4) is 0 Å². The molecule has 0 rings (SSSR count). The highest BCUT2D eigenvalue weighted by molar-refractivity contribution is 7.45. The van der Waals surface area contributed by atoms with Crippen LogP contribution in [0.25, 0.3) is 0 Å². The van der Waals surface area contributed by atoms with Crippen LogP contribution in [0.3, 0.4) is 0 Å². The van der Waals surface area contributed by atoms with Gasteiger partial charge in [0.1, 0.15) is 0 Å². The van der Waals surface area contributed by atoms with Gasteiger partial charge in [0.15, 0.2) is 0 Å². The molecule has 0 heterocycles. The summed E-state index contributed by atoms with van der Waals surface area (Å²) in [6.45, 7) is 0.696. The number of aliphatic hydroxyl groups is 2. The van der Waals surface area contributed by atoms with E-state index in [4.69, 9.17) is 44.5 Å². The molecular weight excluding hydrogens is 334 g/mol. The molecule has 0 bridgehead atoms. The minimum atomic E-state index is -4.64. The van der Waals surface area contributed by atoms with Crippen molar-refractivity contribution < 1.29 is 49.3 Å². The van der Waals surface area contributed by atoms with Crippen LogP contribution in [0.4, 0.5) is 0 Å². The summed E-state index contributed by atoms with van der Waals surface area (Å²) in [6, 6.07) is 0. The van der Waals surface area contributed by atoms with E-state index in [-0.39, 0.29) is 50.1 Å². The fraction of sp³-hybridized carbons (Fsp3) is 1.00. The smallest absolute Gasteiger partial charge is 0.402 e. The van der Waals surface area contributed by atoms with Crippen LogP contribution in [0.1, 0.15) is 0 Å². The minimum absolute atomic E-state index is 0. The molecule has 0 spiro atoms. The molecule has 0 atom stereocenters. The van der Waals surface area contributed by atoms with Crippen molar-refractivity contribution >= 4 is 15.1 Å². The summed E-state index contributed by atoms with van der Waals surface area (Å²) < 4.78 is 13.5. The zero-order chi connectivity index (χ0) is 13.6. The van der Waals surface area contributed by atoms with Crippen LogP contribution in [0.5, 0.6) is 0 Å². The molecule has 0 aromatic carbocycles. The van der Waals surface area contributed by atoms with Gasteiger partial charge in [0.25, 0.3) is 0 Å². The second-order valence-corrected chi connectivity index (χ2v) is 2.95. The van der Waals surface area contributed by atoms with Gasteiger partial charge in [-0.1, -0.05) is 0 Å². The SMILES string of the molecule is N.N.N.N.N.N.O=P(O)(O)O.OB(O)O.OCCOCCO. The Hall–Kier alpha value is -0.305. The summed E-state index contributed by atoms with van der Waals surface area (Å²) in [7, 11) is -6.81. The third kappa shape index (κ3) is 504. The van der Waals surface area contributed by atoms with Gasteiger partial charge in [-0.2, -0.15) is 0 Å². The van der Waals surface area contributed by atoms with E-state index in [1.165, 1.54) is 0 Å². The zero-order valence-electron chi connectivity index (χ0n) is 12.5. The molecule has 0 radical (unpaired) electrons. The molecular formula is C4H34BN6O10P. The predicted octanol–water partition coefficient (Wildman–Crippen LogP) is -3.02. The average Bonchev–Trinajstić information content (AvgIpc) is 2.01. The van der Waals surface area contributed by atoms with E-state index in [1.807, 2.05) is 0 Å². The zero-order valence-corrected chi connectivity index (χ0v) is 13.4. The van der Waals surface area contributed by atoms with E-state index < -0.39 is 15.1 Å². The number of ether oxygens (including phenoxy) is 1. The Morgan fingerprint density at radius 2 is 0.864 bits per heavy atom. The van der Waals surface area contributed by atoms with Gasteiger partial charge in [-0.25, -0.2) is 4.57 Å². The van der Waals surface area contributed by atoms with Crippen LogP contribution < -0.4 is 36.9 Å². The van der Waals surface area contributed by atoms with Crippen LogP contribution in [0.2, 0.25) is 0 Å². The number of aliphatic hydroxyl groups excluding tert-OH is 2. The highest BCUT2D eigenvalue weighted by atomic mass is 31.2. The summed E-state index contributed by atoms with van der Waals surface area (Å²) in [5.74, 6) is 0. The first kappa shape index (κ1) is 57.7. The van der Waals surface area contributed by atoms with Crippen molar-refractivity contribution in [2.75, 3.05) is 26.4 Å². The lowest BCUT2D eigenvalue weighted by molar-refractivity contribution is 0.0650. The van der Waals surface area contributed by atoms with Crippen LogP contribution >= 0.6 is 7.82 Å². The highest BCUT2D eigenvalue weighted by Crippen LogP contribution is 2.25. The van der Waals surface area contributed by atoms with E-state index in [0.717, 1.165) is 0 Å². The standard InChI is InChI=1S/C4H10O3.BH3O3.6H3N.H3O4P/c5-1-3-7-4-2-6;2-1(3)4;;;;;;;1-5(2,3)4/h5-6H,1-4H2;2-4H;6*1H3;(H3,1,2,3,4). The molecule has 0 saturated heterocycles. The molecule has 0 saturated carbocycles. The molecule has 0 aliphatic rings. The van der Waals surface area contributed by atoms with E-state index in [9.17, 15) is 0 Å². The molecule has 18 heteroatoms. The van der Waals surface area contributed by atoms with E-state index >= 15 is 0 Å². The molecule has 0 aliphatic carbocycles. The Balaban J connectivity index is -0.0000000149. The summed E-state index contributed by atoms with van der Waals surface area (Å²) in [5, 5.41) is 37.7. The Labute approximate surface area is 129 Å². The van der Waals surface area contributed by atoms with Crippen LogP contribution in [0, 0.1) is 0 Å². The summed E-state index contributed by atoms with van der Waals surface area (Å²) in [4.78, 5) is 21.6. The third-order valence-corrected chi connectivity index (χ3v) is 0.471. The maximum atomic E-state index is 8.88. The molecule has 148 valence electrons. The molecule has 16 nitrogen and oxygen atoms in total. The van der Waals surface area contributed by atoms with Crippen molar-refractivity contribution in [1.82, 2.24) is 36.9 Å². The minimum Gasteiger partial charge on any atom is -0.402 e. The van der Waals surface area contributed by atoms with Gasteiger partial charge in [0.2, 0.25) is 0 Å². The topological polar surface area (TPSA) is 398 Å². The van der Waals surface area contributed by atoms with Crippen molar-refractivity contribution in [2.45, 2.75) is 0 Å². The molecule has 0 unspecified atom stereocenters. The van der Waals surface area contributed by atoms with Gasteiger partial charge >= 0.3 is 15.1 Å². The Morgan fingerprint density at radius 1 is 0.727 bits per heavy atom. The lowest BCUT2D eigenvalue weighted by Crippen LogP contribution is -2.07. The lowest BCUT2D eigenvalue weighted by Gasteiger charge is -1.94. The Bertz CT molecular complexity index is 162. The van der Waals surface area contributed by atoms with E-state index in [2.05, 4.69) is 4.74 Å². The lowest BCUT2D eigenvalue weighted by atomic mass is 10.3. The number of phosphoric acid groups is 1. The van der Waals surface area contributed by atoms with Crippen molar-refractivity contribution in [1.29, 1.82) is 0 Å². The summed E-state index contributed by atoms with van der Waals surface area (Å²) >= 11 is 0. The summed E-state index contributed by atoms with van der Waals surface area (Å²) in [5.41, 5.74) is 0. The molecule has 0 aromatic heterocycles. The second kappa shape index (κ2) is 42.8. The fourth-order valence-corrected chi connectivity index (χ4v) is 0.231. The molecule has 22 heavy (non-hydrogen) atoms. The largest absolute Gasteiger partial charge is 0.631 e. The van der Waals surface area contributed by atoms with Gasteiger partial charge in [-0.05, 0) is 0 Å². The average molecular weight is 368 g/mol. The monoisotopic (exact) mass is 368 g/mol. The van der Waals surface area contributed by atoms with Crippen LogP contribution in [-0.4, -0.2) is 73.7 Å². The first-order valence-electron chi connectivity index (χ1n) is 3.77. The Morgan fingerprint density at radius 3 is 0.955 bits per heavy atom. The van der Waals surface area contributed by atoms with E-state index in [0.29, 0.717) is 13.2 Å². The second-order valence-electron chi connectivity index (χ2n) is 1.92. The molecule has 0 fully saturated rings. The van der Waals surface area contributed by atoms with Gasteiger partial charge in [0.05, 0.1) is 26.4 Å². The highest BCUT2D eigenvalue weighted by Gasteiger charge is 2.00. The van der Waals surface area contributed by atoms with Crippen molar-refractivity contribution in [2.24, 2.45) is 0 Å². The maximum absolute atomic E-state index is 8.88. The normalized spacial score (nSPS) is 6.91. The van der Waals surface area contributed by atoms with Crippen LogP contribution in [0.15, 0.2) is 0 Å². The van der Waals surface area contributed by atoms with Gasteiger partial charge < -0.3 is 81.6 Å². The van der Waals surface area contributed by atoms with Crippen LogP contribution in [-0.2, 0) is 9.30 Å². The van der Waals surface area contributed by atoms with Crippen molar-refractivity contribution in [3.05, 3.63) is 0 Å². The third-order valence-electron chi connectivity index (χ3n) is 0.471.